The standard InChI is InChI=1S/C13H24O2/c1-3-5-7-8-9-11-13(14)15-12-10-6-4-2/h8-9H,3-7,10-12H2,1-2H3/b9-8+. The average molecular weight is 212 g/mol. The van der Waals surface area contributed by atoms with Gasteiger partial charge in [0.2, 0.25) is 0 Å². The lowest BCUT2D eigenvalue weighted by molar-refractivity contribution is -0.142. The molecular weight excluding hydrogens is 188 g/mol. The van der Waals surface area contributed by atoms with Gasteiger partial charge in [0.05, 0.1) is 13.0 Å². The molecule has 0 atom stereocenters. The summed E-state index contributed by atoms with van der Waals surface area (Å²) in [4.78, 5) is 11.2. The Morgan fingerprint density at radius 1 is 1.07 bits per heavy atom. The van der Waals surface area contributed by atoms with Crippen LogP contribution < -0.4 is 0 Å². The molecule has 2 heteroatoms. The third-order valence-corrected chi connectivity index (χ3v) is 2.19. The van der Waals surface area contributed by atoms with E-state index < -0.39 is 0 Å². The Bertz CT molecular complexity index is 173. The summed E-state index contributed by atoms with van der Waals surface area (Å²) in [5.74, 6) is -0.0983. The van der Waals surface area contributed by atoms with Crippen LogP contribution in [0.4, 0.5) is 0 Å². The molecule has 0 rings (SSSR count). The van der Waals surface area contributed by atoms with Crippen molar-refractivity contribution in [2.75, 3.05) is 6.61 Å². The molecule has 0 saturated heterocycles. The summed E-state index contributed by atoms with van der Waals surface area (Å²) in [7, 11) is 0. The molecule has 0 bridgehead atoms. The molecule has 0 aromatic carbocycles. The second kappa shape index (κ2) is 11.3. The molecule has 0 spiro atoms. The molecule has 0 aliphatic carbocycles. The molecule has 0 amide bonds. The van der Waals surface area contributed by atoms with E-state index in [1.807, 2.05) is 6.08 Å². The fourth-order valence-corrected chi connectivity index (χ4v) is 1.22. The summed E-state index contributed by atoms with van der Waals surface area (Å²) in [6.45, 7) is 4.88. The van der Waals surface area contributed by atoms with Gasteiger partial charge in [0.25, 0.3) is 0 Å². The number of carbonyl (C=O) groups excluding carboxylic acids is 1. The number of esters is 1. The number of ether oxygens (including phenoxy) is 1. The molecule has 0 aliphatic heterocycles. The first-order valence-corrected chi connectivity index (χ1v) is 6.11. The molecule has 0 heterocycles. The summed E-state index contributed by atoms with van der Waals surface area (Å²) in [6, 6.07) is 0. The first-order chi connectivity index (χ1) is 7.31. The van der Waals surface area contributed by atoms with Crippen molar-refractivity contribution in [2.24, 2.45) is 0 Å². The number of unbranched alkanes of at least 4 members (excludes halogenated alkanes) is 4. The van der Waals surface area contributed by atoms with Crippen molar-refractivity contribution >= 4 is 5.97 Å². The fourth-order valence-electron chi connectivity index (χ4n) is 1.22. The highest BCUT2D eigenvalue weighted by Gasteiger charge is 1.98. The summed E-state index contributed by atoms with van der Waals surface area (Å²) >= 11 is 0. The van der Waals surface area contributed by atoms with Crippen LogP contribution in [0.3, 0.4) is 0 Å². The minimum Gasteiger partial charge on any atom is -0.465 e. The van der Waals surface area contributed by atoms with Crippen molar-refractivity contribution in [3.05, 3.63) is 12.2 Å². The minimum absolute atomic E-state index is 0.0983. The van der Waals surface area contributed by atoms with Crippen molar-refractivity contribution in [1.82, 2.24) is 0 Å². The first-order valence-electron chi connectivity index (χ1n) is 6.11. The summed E-state index contributed by atoms with van der Waals surface area (Å²) in [5.41, 5.74) is 0. The van der Waals surface area contributed by atoms with Gasteiger partial charge < -0.3 is 4.74 Å². The fraction of sp³-hybridized carbons (Fsp3) is 0.769. The Morgan fingerprint density at radius 3 is 2.47 bits per heavy atom. The number of hydrogen-bond acceptors (Lipinski definition) is 2. The molecule has 0 aromatic heterocycles. The zero-order valence-electron chi connectivity index (χ0n) is 10.1. The van der Waals surface area contributed by atoms with E-state index in [4.69, 9.17) is 4.74 Å². The lowest BCUT2D eigenvalue weighted by Gasteiger charge is -2.01. The number of allylic oxidation sites excluding steroid dienone is 1. The highest BCUT2D eigenvalue weighted by molar-refractivity contribution is 5.71. The summed E-state index contributed by atoms with van der Waals surface area (Å²) in [6.07, 6.45) is 11.2. The van der Waals surface area contributed by atoms with Crippen molar-refractivity contribution in [3.8, 4) is 0 Å². The maximum Gasteiger partial charge on any atom is 0.309 e. The van der Waals surface area contributed by atoms with Gasteiger partial charge in [-0.3, -0.25) is 4.79 Å². The number of hydrogen-bond donors (Lipinski definition) is 0. The van der Waals surface area contributed by atoms with E-state index in [9.17, 15) is 4.79 Å². The van der Waals surface area contributed by atoms with Crippen molar-refractivity contribution in [3.63, 3.8) is 0 Å². The van der Waals surface area contributed by atoms with E-state index in [2.05, 4.69) is 19.9 Å². The molecule has 15 heavy (non-hydrogen) atoms. The Hall–Kier alpha value is -0.790. The largest absolute Gasteiger partial charge is 0.465 e. The molecule has 0 N–H and O–H groups in total. The highest BCUT2D eigenvalue weighted by Crippen LogP contribution is 1.99. The van der Waals surface area contributed by atoms with Crippen molar-refractivity contribution in [1.29, 1.82) is 0 Å². The van der Waals surface area contributed by atoms with Gasteiger partial charge in [-0.2, -0.15) is 0 Å². The molecule has 0 aliphatic rings. The molecule has 0 aromatic rings. The van der Waals surface area contributed by atoms with Gasteiger partial charge in [-0.25, -0.2) is 0 Å². The quantitative estimate of drug-likeness (QED) is 0.329. The molecule has 0 unspecified atom stereocenters. The predicted octanol–water partition coefficient (Wildman–Crippen LogP) is 3.86. The Kier molecular flexibility index (Phi) is 10.7. The number of carbonyl (C=O) groups is 1. The van der Waals surface area contributed by atoms with Crippen LogP contribution in [0.1, 0.15) is 58.8 Å². The van der Waals surface area contributed by atoms with Crippen LogP contribution in [0.15, 0.2) is 12.2 Å². The van der Waals surface area contributed by atoms with Crippen LogP contribution in [-0.4, -0.2) is 12.6 Å². The van der Waals surface area contributed by atoms with E-state index >= 15 is 0 Å². The Labute approximate surface area is 93.7 Å². The van der Waals surface area contributed by atoms with Gasteiger partial charge >= 0.3 is 5.97 Å². The Balaban J connectivity index is 3.28. The van der Waals surface area contributed by atoms with Crippen molar-refractivity contribution in [2.45, 2.75) is 58.8 Å². The molecule has 0 radical (unpaired) electrons. The predicted molar refractivity (Wildman–Crippen MR) is 63.8 cm³/mol. The minimum atomic E-state index is -0.0983. The smallest absolute Gasteiger partial charge is 0.309 e. The Morgan fingerprint density at radius 2 is 1.80 bits per heavy atom. The monoisotopic (exact) mass is 212 g/mol. The van der Waals surface area contributed by atoms with E-state index in [1.54, 1.807) is 0 Å². The van der Waals surface area contributed by atoms with Crippen LogP contribution >= 0.6 is 0 Å². The van der Waals surface area contributed by atoms with E-state index in [0.29, 0.717) is 13.0 Å². The second-order valence-corrected chi connectivity index (χ2v) is 3.75. The molecular formula is C13H24O2. The SMILES string of the molecule is CCCC/C=C/CC(=O)OCCCCC. The zero-order chi connectivity index (χ0) is 11.4. The second-order valence-electron chi connectivity index (χ2n) is 3.75. The molecule has 88 valence electrons. The van der Waals surface area contributed by atoms with E-state index in [-0.39, 0.29) is 5.97 Å². The maximum absolute atomic E-state index is 11.2. The normalized spacial score (nSPS) is 10.8. The van der Waals surface area contributed by atoms with Gasteiger partial charge in [-0.05, 0) is 12.8 Å². The van der Waals surface area contributed by atoms with Crippen LogP contribution in [0, 0.1) is 0 Å². The number of rotatable bonds is 9. The van der Waals surface area contributed by atoms with E-state index in [0.717, 1.165) is 25.7 Å². The lowest BCUT2D eigenvalue weighted by Crippen LogP contribution is -2.04. The summed E-state index contributed by atoms with van der Waals surface area (Å²) < 4.78 is 5.06. The van der Waals surface area contributed by atoms with Gasteiger partial charge in [0.15, 0.2) is 0 Å². The van der Waals surface area contributed by atoms with Gasteiger partial charge in [0.1, 0.15) is 0 Å². The van der Waals surface area contributed by atoms with Crippen LogP contribution in [0.2, 0.25) is 0 Å². The molecule has 0 fully saturated rings. The molecule has 2 nitrogen and oxygen atoms in total. The maximum atomic E-state index is 11.2. The van der Waals surface area contributed by atoms with Crippen LogP contribution in [0.5, 0.6) is 0 Å². The zero-order valence-corrected chi connectivity index (χ0v) is 10.1. The highest BCUT2D eigenvalue weighted by atomic mass is 16.5. The topological polar surface area (TPSA) is 26.3 Å². The molecule has 0 saturated carbocycles. The summed E-state index contributed by atoms with van der Waals surface area (Å²) in [5, 5.41) is 0. The average Bonchev–Trinajstić information content (AvgIpc) is 2.24. The first kappa shape index (κ1) is 14.2. The van der Waals surface area contributed by atoms with Gasteiger partial charge in [-0.15, -0.1) is 0 Å². The lowest BCUT2D eigenvalue weighted by atomic mass is 10.2. The van der Waals surface area contributed by atoms with Gasteiger partial charge in [0, 0.05) is 0 Å². The third kappa shape index (κ3) is 11.1. The van der Waals surface area contributed by atoms with Crippen LogP contribution in [0.25, 0.3) is 0 Å². The van der Waals surface area contributed by atoms with E-state index in [1.165, 1.54) is 12.8 Å². The van der Waals surface area contributed by atoms with Crippen LogP contribution in [-0.2, 0) is 9.53 Å². The third-order valence-electron chi connectivity index (χ3n) is 2.19. The van der Waals surface area contributed by atoms with Crippen molar-refractivity contribution < 1.29 is 9.53 Å². The van der Waals surface area contributed by atoms with Gasteiger partial charge in [-0.1, -0.05) is 51.7 Å².